The summed E-state index contributed by atoms with van der Waals surface area (Å²) in [5.74, 6) is 0. The van der Waals surface area contributed by atoms with E-state index in [0.717, 1.165) is 6.42 Å². The molecule has 1 rings (SSSR count). The lowest BCUT2D eigenvalue weighted by Gasteiger charge is -2.22. The van der Waals surface area contributed by atoms with Gasteiger partial charge in [-0.25, -0.2) is 0 Å². The average Bonchev–Trinajstić information content (AvgIpc) is 2.44. The van der Waals surface area contributed by atoms with Crippen molar-refractivity contribution < 1.29 is 14.6 Å². The quantitative estimate of drug-likeness (QED) is 0.632. The largest absolute Gasteiger partial charge is 0.395 e. The van der Waals surface area contributed by atoms with Crippen molar-refractivity contribution in [3.05, 3.63) is 35.9 Å². The molecule has 0 heterocycles. The molecule has 0 saturated heterocycles. The molecule has 1 aromatic rings. The lowest BCUT2D eigenvalue weighted by molar-refractivity contribution is -0.134. The van der Waals surface area contributed by atoms with Crippen LogP contribution in [-0.2, 0) is 15.9 Å². The maximum Gasteiger partial charge on any atom is 0.169 e. The minimum absolute atomic E-state index is 0.0193. The van der Waals surface area contributed by atoms with E-state index < -0.39 is 0 Å². The highest BCUT2D eigenvalue weighted by atomic mass is 16.7. The molecule has 2 N–H and O–H groups in total. The molecule has 108 valence electrons. The van der Waals surface area contributed by atoms with E-state index in [1.807, 2.05) is 32.0 Å². The number of hydrogen-bond acceptors (Lipinski definition) is 4. The fourth-order valence-electron chi connectivity index (χ4n) is 1.90. The van der Waals surface area contributed by atoms with E-state index in [1.165, 1.54) is 5.56 Å². The zero-order valence-corrected chi connectivity index (χ0v) is 11.8. The fraction of sp³-hybridized carbons (Fsp3) is 0.600. The van der Waals surface area contributed by atoms with Crippen LogP contribution < -0.4 is 5.32 Å². The summed E-state index contributed by atoms with van der Waals surface area (Å²) in [5.41, 5.74) is 1.21. The van der Waals surface area contributed by atoms with Crippen molar-refractivity contribution in [2.24, 2.45) is 0 Å². The standard InChI is InChI=1S/C15H25NO3/c1-3-18-15(19-4-2)11-16-14(12-17)10-13-8-6-5-7-9-13/h5-9,14-17H,3-4,10-12H2,1-2H3. The Morgan fingerprint density at radius 3 is 2.26 bits per heavy atom. The van der Waals surface area contributed by atoms with Gasteiger partial charge in [-0.2, -0.15) is 0 Å². The number of aliphatic hydroxyl groups excluding tert-OH is 1. The maximum absolute atomic E-state index is 9.42. The van der Waals surface area contributed by atoms with E-state index in [9.17, 15) is 5.11 Å². The molecule has 4 heteroatoms. The van der Waals surface area contributed by atoms with Gasteiger partial charge in [0.05, 0.1) is 6.61 Å². The SMILES string of the molecule is CCOC(CNC(CO)Cc1ccccc1)OCC. The summed E-state index contributed by atoms with van der Waals surface area (Å²) < 4.78 is 10.9. The topological polar surface area (TPSA) is 50.7 Å². The van der Waals surface area contributed by atoms with Crippen LogP contribution in [0.15, 0.2) is 30.3 Å². The molecule has 0 bridgehead atoms. The molecule has 1 atom stereocenters. The normalized spacial score (nSPS) is 12.8. The Bertz CT molecular complexity index is 312. The number of ether oxygens (including phenoxy) is 2. The van der Waals surface area contributed by atoms with Crippen LogP contribution in [0.3, 0.4) is 0 Å². The molecule has 0 radical (unpaired) electrons. The third-order valence-electron chi connectivity index (χ3n) is 2.82. The minimum atomic E-state index is -0.250. The third-order valence-corrected chi connectivity index (χ3v) is 2.82. The Balaban J connectivity index is 2.38. The van der Waals surface area contributed by atoms with Crippen LogP contribution in [0.2, 0.25) is 0 Å². The molecule has 0 saturated carbocycles. The first-order chi connectivity index (χ1) is 9.30. The second kappa shape index (κ2) is 9.92. The fourth-order valence-corrected chi connectivity index (χ4v) is 1.90. The lowest BCUT2D eigenvalue weighted by atomic mass is 10.1. The Morgan fingerprint density at radius 1 is 1.11 bits per heavy atom. The van der Waals surface area contributed by atoms with Crippen LogP contribution in [0.5, 0.6) is 0 Å². The molecule has 1 unspecified atom stereocenters. The zero-order chi connectivity index (χ0) is 13.9. The van der Waals surface area contributed by atoms with Crippen molar-refractivity contribution in [3.63, 3.8) is 0 Å². The van der Waals surface area contributed by atoms with Gasteiger partial charge in [-0.15, -0.1) is 0 Å². The predicted molar refractivity (Wildman–Crippen MR) is 76.1 cm³/mol. The molecule has 19 heavy (non-hydrogen) atoms. The molecule has 4 nitrogen and oxygen atoms in total. The summed E-state index contributed by atoms with van der Waals surface area (Å²) in [7, 11) is 0. The van der Waals surface area contributed by atoms with E-state index in [4.69, 9.17) is 9.47 Å². The molecule has 0 aromatic heterocycles. The molecule has 0 amide bonds. The molecular weight excluding hydrogens is 242 g/mol. The van der Waals surface area contributed by atoms with Crippen molar-refractivity contribution in [2.75, 3.05) is 26.4 Å². The molecular formula is C15H25NO3. The van der Waals surface area contributed by atoms with Crippen molar-refractivity contribution in [1.29, 1.82) is 0 Å². The van der Waals surface area contributed by atoms with E-state index >= 15 is 0 Å². The van der Waals surface area contributed by atoms with Crippen LogP contribution in [-0.4, -0.2) is 43.8 Å². The van der Waals surface area contributed by atoms with E-state index in [-0.39, 0.29) is 18.9 Å². The van der Waals surface area contributed by atoms with Crippen LogP contribution in [0.25, 0.3) is 0 Å². The first kappa shape index (κ1) is 16.1. The third kappa shape index (κ3) is 6.68. The van der Waals surface area contributed by atoms with Gasteiger partial charge in [0.25, 0.3) is 0 Å². The summed E-state index contributed by atoms with van der Waals surface area (Å²) >= 11 is 0. The zero-order valence-electron chi connectivity index (χ0n) is 11.8. The second-order valence-electron chi connectivity index (χ2n) is 4.32. The summed E-state index contributed by atoms with van der Waals surface area (Å²) in [5, 5.41) is 12.7. The van der Waals surface area contributed by atoms with Crippen LogP contribution >= 0.6 is 0 Å². The van der Waals surface area contributed by atoms with Gasteiger partial charge in [-0.3, -0.25) is 0 Å². The highest BCUT2D eigenvalue weighted by molar-refractivity contribution is 5.15. The van der Waals surface area contributed by atoms with Crippen molar-refractivity contribution in [1.82, 2.24) is 5.32 Å². The van der Waals surface area contributed by atoms with Crippen LogP contribution in [0, 0.1) is 0 Å². The van der Waals surface area contributed by atoms with Gasteiger partial charge in [0.1, 0.15) is 0 Å². The monoisotopic (exact) mass is 267 g/mol. The first-order valence-corrected chi connectivity index (χ1v) is 6.91. The smallest absolute Gasteiger partial charge is 0.169 e. The number of aliphatic hydroxyl groups is 1. The molecule has 0 spiro atoms. The van der Waals surface area contributed by atoms with Crippen LogP contribution in [0.1, 0.15) is 19.4 Å². The Kier molecular flexibility index (Phi) is 8.41. The van der Waals surface area contributed by atoms with Gasteiger partial charge in [0, 0.05) is 25.8 Å². The molecule has 0 aliphatic rings. The van der Waals surface area contributed by atoms with Gasteiger partial charge in [0.15, 0.2) is 6.29 Å². The number of nitrogens with one attached hydrogen (secondary N) is 1. The molecule has 0 aliphatic carbocycles. The second-order valence-corrected chi connectivity index (χ2v) is 4.32. The number of benzene rings is 1. The number of rotatable bonds is 10. The number of hydrogen-bond donors (Lipinski definition) is 2. The van der Waals surface area contributed by atoms with Gasteiger partial charge < -0.3 is 19.9 Å². The van der Waals surface area contributed by atoms with Crippen molar-refractivity contribution in [3.8, 4) is 0 Å². The summed E-state index contributed by atoms with van der Waals surface area (Å²) in [6.45, 7) is 5.81. The first-order valence-electron chi connectivity index (χ1n) is 6.91. The minimum Gasteiger partial charge on any atom is -0.395 e. The van der Waals surface area contributed by atoms with Crippen LogP contribution in [0.4, 0.5) is 0 Å². The predicted octanol–water partition coefficient (Wildman–Crippen LogP) is 1.58. The van der Waals surface area contributed by atoms with E-state index in [1.54, 1.807) is 0 Å². The summed E-state index contributed by atoms with van der Waals surface area (Å²) in [6.07, 6.45) is 0.544. The van der Waals surface area contributed by atoms with Crippen molar-refractivity contribution in [2.45, 2.75) is 32.6 Å². The van der Waals surface area contributed by atoms with Crippen molar-refractivity contribution >= 4 is 0 Å². The molecule has 1 aromatic carbocycles. The summed E-state index contributed by atoms with van der Waals surface area (Å²) in [4.78, 5) is 0. The highest BCUT2D eigenvalue weighted by Crippen LogP contribution is 2.03. The molecule has 0 aliphatic heterocycles. The summed E-state index contributed by atoms with van der Waals surface area (Å²) in [6, 6.07) is 10.1. The highest BCUT2D eigenvalue weighted by Gasteiger charge is 2.12. The lowest BCUT2D eigenvalue weighted by Crippen LogP contribution is -2.41. The maximum atomic E-state index is 9.42. The van der Waals surface area contributed by atoms with Gasteiger partial charge in [-0.1, -0.05) is 30.3 Å². The van der Waals surface area contributed by atoms with E-state index in [2.05, 4.69) is 17.4 Å². The van der Waals surface area contributed by atoms with Gasteiger partial charge in [0.2, 0.25) is 0 Å². The van der Waals surface area contributed by atoms with E-state index in [0.29, 0.717) is 19.8 Å². The Morgan fingerprint density at radius 2 is 1.74 bits per heavy atom. The van der Waals surface area contributed by atoms with Gasteiger partial charge >= 0.3 is 0 Å². The molecule has 0 fully saturated rings. The average molecular weight is 267 g/mol. The Labute approximate surface area is 115 Å². The van der Waals surface area contributed by atoms with Gasteiger partial charge in [-0.05, 0) is 25.8 Å². The Hall–Kier alpha value is -0.940.